The molecule has 1 saturated heterocycles. The van der Waals surface area contributed by atoms with Gasteiger partial charge in [0.1, 0.15) is 17.1 Å². The number of pyridine rings is 2. The fourth-order valence-electron chi connectivity index (χ4n) is 4.70. The molecule has 5 rings (SSSR count). The maximum Gasteiger partial charge on any atom is 0.410 e. The zero-order chi connectivity index (χ0) is 30.0. The Morgan fingerprint density at radius 3 is 2.50 bits per heavy atom. The average Bonchev–Trinajstić information content (AvgIpc) is 3.31. The maximum absolute atomic E-state index is 13.3. The summed E-state index contributed by atoms with van der Waals surface area (Å²) >= 11 is 0. The molecule has 0 radical (unpaired) electrons. The smallest absolute Gasteiger partial charge is 0.410 e. The fraction of sp³-hybridized carbons (Fsp3) is 0.300. The van der Waals surface area contributed by atoms with Crippen molar-refractivity contribution in [1.82, 2.24) is 19.4 Å². The lowest BCUT2D eigenvalue weighted by molar-refractivity contribution is 0.0240. The van der Waals surface area contributed by atoms with Crippen LogP contribution in [0.15, 0.2) is 61.1 Å². The summed E-state index contributed by atoms with van der Waals surface area (Å²) in [7, 11) is 1.29. The molecule has 3 aromatic heterocycles. The number of ether oxygens (including phenoxy) is 2. The lowest BCUT2D eigenvalue weighted by Gasteiger charge is -2.37. The molecular weight excluding hydrogens is 540 g/mol. The van der Waals surface area contributed by atoms with Gasteiger partial charge < -0.3 is 29.7 Å². The Labute approximate surface area is 242 Å². The van der Waals surface area contributed by atoms with Crippen molar-refractivity contribution >= 4 is 40.1 Å². The van der Waals surface area contributed by atoms with Crippen LogP contribution in [0.3, 0.4) is 0 Å². The van der Waals surface area contributed by atoms with Gasteiger partial charge in [-0.3, -0.25) is 14.3 Å². The zero-order valence-electron chi connectivity index (χ0n) is 23.8. The van der Waals surface area contributed by atoms with Gasteiger partial charge in [-0.15, -0.1) is 0 Å². The summed E-state index contributed by atoms with van der Waals surface area (Å²) in [5.74, 6) is -0.773. The Balaban J connectivity index is 1.32. The number of methoxy groups -OCH3 is 1. The van der Waals surface area contributed by atoms with E-state index in [-0.39, 0.29) is 17.7 Å². The number of carbonyl (C=O) groups excluding carboxylic acids is 3. The fourth-order valence-corrected chi connectivity index (χ4v) is 4.70. The molecule has 2 amide bonds. The average molecular weight is 573 g/mol. The predicted octanol–water partition coefficient (Wildman–Crippen LogP) is 4.22. The van der Waals surface area contributed by atoms with Gasteiger partial charge in [0, 0.05) is 49.3 Å². The summed E-state index contributed by atoms with van der Waals surface area (Å²) < 4.78 is 11.7. The number of anilines is 2. The first kappa shape index (κ1) is 28.4. The quantitative estimate of drug-likeness (QED) is 0.337. The van der Waals surface area contributed by atoms with Crippen molar-refractivity contribution in [2.24, 2.45) is 0 Å². The molecule has 12 heteroatoms. The molecular formula is C30H32N6O6. The second-order valence-corrected chi connectivity index (χ2v) is 10.8. The van der Waals surface area contributed by atoms with Gasteiger partial charge >= 0.3 is 12.1 Å². The van der Waals surface area contributed by atoms with Crippen molar-refractivity contribution in [1.29, 1.82) is 0 Å². The second-order valence-electron chi connectivity index (χ2n) is 10.8. The van der Waals surface area contributed by atoms with Crippen LogP contribution in [0.1, 0.15) is 41.6 Å². The lowest BCUT2D eigenvalue weighted by Crippen LogP contribution is -2.50. The first-order valence-corrected chi connectivity index (χ1v) is 13.4. The minimum Gasteiger partial charge on any atom is -0.494 e. The van der Waals surface area contributed by atoms with E-state index in [1.54, 1.807) is 59.9 Å². The molecule has 0 atom stereocenters. The standard InChI is InChI=1S/C30H32N6O6/c1-30(2,3)42-29(40)35-14-12-34(13-15-35)24-10-11-31-17-23(24)33-26(37)22-6-5-7-25(32-22)36-18-20-9-8-19(28(39)41-4)16-21(20)27(36)38/h5-11,16-18,38H,12-15H2,1-4H3,(H,33,37). The molecule has 4 aromatic rings. The Morgan fingerprint density at radius 2 is 1.79 bits per heavy atom. The number of aromatic hydroxyl groups is 1. The molecule has 1 aromatic carbocycles. The number of hydrogen-bond donors (Lipinski definition) is 2. The van der Waals surface area contributed by atoms with Crippen molar-refractivity contribution in [3.63, 3.8) is 0 Å². The first-order chi connectivity index (χ1) is 20.0. The highest BCUT2D eigenvalue weighted by Crippen LogP contribution is 2.31. The van der Waals surface area contributed by atoms with Crippen LogP contribution in [0.2, 0.25) is 0 Å². The summed E-state index contributed by atoms with van der Waals surface area (Å²) in [6.45, 7) is 7.57. The summed E-state index contributed by atoms with van der Waals surface area (Å²) in [6.07, 6.45) is 4.55. The summed E-state index contributed by atoms with van der Waals surface area (Å²) in [4.78, 5) is 50.1. The van der Waals surface area contributed by atoms with Gasteiger partial charge in [0.25, 0.3) is 5.91 Å². The minimum absolute atomic E-state index is 0.124. The molecule has 2 N–H and O–H groups in total. The number of carbonyl (C=O) groups is 3. The number of benzene rings is 1. The molecule has 12 nitrogen and oxygen atoms in total. The molecule has 1 aliphatic heterocycles. The first-order valence-electron chi connectivity index (χ1n) is 13.4. The topological polar surface area (TPSA) is 139 Å². The van der Waals surface area contributed by atoms with Gasteiger partial charge in [-0.1, -0.05) is 12.1 Å². The third kappa shape index (κ3) is 5.97. The molecule has 0 aliphatic carbocycles. The van der Waals surface area contributed by atoms with Crippen LogP contribution in [-0.4, -0.2) is 81.4 Å². The molecule has 0 saturated carbocycles. The number of amides is 2. The van der Waals surface area contributed by atoms with Crippen LogP contribution in [0.4, 0.5) is 16.2 Å². The van der Waals surface area contributed by atoms with Gasteiger partial charge in [0.2, 0.25) is 5.88 Å². The highest BCUT2D eigenvalue weighted by molar-refractivity contribution is 6.04. The molecule has 42 heavy (non-hydrogen) atoms. The molecule has 1 fully saturated rings. The van der Waals surface area contributed by atoms with Crippen LogP contribution in [0.5, 0.6) is 5.88 Å². The molecule has 0 spiro atoms. The van der Waals surface area contributed by atoms with E-state index in [4.69, 9.17) is 9.47 Å². The van der Waals surface area contributed by atoms with E-state index in [1.807, 2.05) is 26.8 Å². The van der Waals surface area contributed by atoms with E-state index in [9.17, 15) is 19.5 Å². The molecule has 218 valence electrons. The van der Waals surface area contributed by atoms with Crippen molar-refractivity contribution in [2.75, 3.05) is 43.5 Å². The van der Waals surface area contributed by atoms with E-state index >= 15 is 0 Å². The SMILES string of the molecule is COC(=O)c1ccc2cn(-c3cccc(C(=O)Nc4cnccc4N4CCN(C(=O)OC(C)(C)C)CC4)n3)c(O)c2c1. The van der Waals surface area contributed by atoms with Crippen LogP contribution in [-0.2, 0) is 9.47 Å². The number of nitrogens with one attached hydrogen (secondary N) is 1. The normalized spacial score (nSPS) is 13.6. The Bertz CT molecular complexity index is 1650. The van der Waals surface area contributed by atoms with Gasteiger partial charge in [-0.05, 0) is 51.1 Å². The number of fused-ring (bicyclic) bond motifs is 1. The van der Waals surface area contributed by atoms with Crippen molar-refractivity contribution in [3.8, 4) is 11.7 Å². The lowest BCUT2D eigenvalue weighted by atomic mass is 10.1. The van der Waals surface area contributed by atoms with E-state index in [0.717, 1.165) is 5.69 Å². The van der Waals surface area contributed by atoms with Gasteiger partial charge in [-0.25, -0.2) is 14.6 Å². The van der Waals surface area contributed by atoms with Crippen molar-refractivity contribution in [3.05, 3.63) is 72.3 Å². The monoisotopic (exact) mass is 572 g/mol. The predicted molar refractivity (Wildman–Crippen MR) is 156 cm³/mol. The molecule has 0 unspecified atom stereocenters. The summed E-state index contributed by atoms with van der Waals surface area (Å²) in [6, 6.07) is 11.6. The number of rotatable bonds is 5. The highest BCUT2D eigenvalue weighted by Gasteiger charge is 2.27. The van der Waals surface area contributed by atoms with Crippen LogP contribution < -0.4 is 10.2 Å². The summed E-state index contributed by atoms with van der Waals surface area (Å²) in [5.41, 5.74) is 1.14. The van der Waals surface area contributed by atoms with Crippen LogP contribution >= 0.6 is 0 Å². The van der Waals surface area contributed by atoms with Gasteiger partial charge in [0.05, 0.1) is 30.2 Å². The second kappa shape index (κ2) is 11.4. The van der Waals surface area contributed by atoms with Crippen molar-refractivity contribution in [2.45, 2.75) is 26.4 Å². The zero-order valence-corrected chi connectivity index (χ0v) is 23.8. The Kier molecular flexibility index (Phi) is 7.70. The molecule has 4 heterocycles. The number of piperazine rings is 1. The number of nitrogens with zero attached hydrogens (tertiary/aromatic N) is 5. The maximum atomic E-state index is 13.3. The van der Waals surface area contributed by atoms with E-state index in [0.29, 0.717) is 54.0 Å². The van der Waals surface area contributed by atoms with Gasteiger partial charge in [-0.2, -0.15) is 0 Å². The number of hydrogen-bond acceptors (Lipinski definition) is 9. The van der Waals surface area contributed by atoms with Gasteiger partial charge in [0.15, 0.2) is 0 Å². The Morgan fingerprint density at radius 1 is 1.02 bits per heavy atom. The molecule has 1 aliphatic rings. The molecule has 0 bridgehead atoms. The van der Waals surface area contributed by atoms with E-state index < -0.39 is 17.5 Å². The van der Waals surface area contributed by atoms with E-state index in [2.05, 4.69) is 20.2 Å². The number of aromatic nitrogens is 3. The number of esters is 1. The largest absolute Gasteiger partial charge is 0.494 e. The highest BCUT2D eigenvalue weighted by atomic mass is 16.6. The third-order valence-electron chi connectivity index (χ3n) is 6.74. The minimum atomic E-state index is -0.566. The van der Waals surface area contributed by atoms with E-state index in [1.165, 1.54) is 11.7 Å². The summed E-state index contributed by atoms with van der Waals surface area (Å²) in [5, 5.41) is 14.9. The third-order valence-corrected chi connectivity index (χ3v) is 6.74. The van der Waals surface area contributed by atoms with Crippen LogP contribution in [0.25, 0.3) is 16.6 Å². The van der Waals surface area contributed by atoms with Crippen molar-refractivity contribution < 1.29 is 29.0 Å². The van der Waals surface area contributed by atoms with Crippen LogP contribution in [0, 0.1) is 0 Å². The Hall–Kier alpha value is -5.13.